The maximum Gasteiger partial charge on any atom is -0.0219 e. The fraction of sp³-hybridized carbons (Fsp3) is 0.462. The normalized spacial score (nSPS) is 11.2. The van der Waals surface area contributed by atoms with Gasteiger partial charge >= 0.3 is 0 Å². The number of hydrogen-bond donors (Lipinski definition) is 0. The van der Waals surface area contributed by atoms with Gasteiger partial charge in [0.1, 0.15) is 0 Å². The number of hydrogen-bond acceptors (Lipinski definition) is 0. The van der Waals surface area contributed by atoms with E-state index in [0.717, 1.165) is 6.42 Å². The quantitative estimate of drug-likeness (QED) is 0.652. The first-order valence-corrected chi connectivity index (χ1v) is 4.97. The summed E-state index contributed by atoms with van der Waals surface area (Å²) in [7, 11) is 0. The molecule has 0 N–H and O–H groups in total. The molecule has 0 unspecified atom stereocenters. The topological polar surface area (TPSA) is 0 Å². The molecule has 0 aliphatic carbocycles. The first-order chi connectivity index (χ1) is 6.09. The van der Waals surface area contributed by atoms with Crippen molar-refractivity contribution in [2.24, 2.45) is 0 Å². The van der Waals surface area contributed by atoms with Gasteiger partial charge in [-0.15, -0.1) is 0 Å². The Morgan fingerprint density at radius 1 is 1.08 bits per heavy atom. The minimum atomic E-state index is 0.640. The van der Waals surface area contributed by atoms with Crippen LogP contribution in [0.3, 0.4) is 0 Å². The third kappa shape index (κ3) is 3.22. The van der Waals surface area contributed by atoms with E-state index in [-0.39, 0.29) is 0 Å². The summed E-state index contributed by atoms with van der Waals surface area (Å²) < 4.78 is 0. The van der Waals surface area contributed by atoms with Crippen LogP contribution in [-0.4, -0.2) is 0 Å². The Bertz CT molecular complexity index is 241. The average molecular weight is 175 g/mol. The third-order valence-electron chi connectivity index (χ3n) is 2.20. The van der Waals surface area contributed by atoms with E-state index in [1.54, 1.807) is 0 Å². The van der Waals surface area contributed by atoms with Crippen molar-refractivity contribution in [3.05, 3.63) is 41.3 Å². The second-order valence-corrected chi connectivity index (χ2v) is 4.28. The first-order valence-electron chi connectivity index (χ1n) is 4.97. The Morgan fingerprint density at radius 3 is 2.00 bits per heavy atom. The lowest BCUT2D eigenvalue weighted by atomic mass is 9.98. The molecule has 0 aromatic heterocycles. The highest BCUT2D eigenvalue weighted by Gasteiger charge is 2.00. The molecule has 0 fully saturated rings. The van der Waals surface area contributed by atoms with Crippen molar-refractivity contribution in [3.8, 4) is 0 Å². The van der Waals surface area contributed by atoms with Crippen molar-refractivity contribution in [1.29, 1.82) is 0 Å². The molecule has 13 heavy (non-hydrogen) atoms. The van der Waals surface area contributed by atoms with Crippen LogP contribution in [0, 0.1) is 5.92 Å². The van der Waals surface area contributed by atoms with E-state index >= 15 is 0 Å². The van der Waals surface area contributed by atoms with Gasteiger partial charge in [-0.2, -0.15) is 0 Å². The molecule has 0 heteroatoms. The van der Waals surface area contributed by atoms with E-state index in [1.165, 1.54) is 17.0 Å². The summed E-state index contributed by atoms with van der Waals surface area (Å²) in [6.45, 7) is 8.81. The molecule has 0 aliphatic rings. The van der Waals surface area contributed by atoms with E-state index in [2.05, 4.69) is 52.0 Å². The SMILES string of the molecule is C[C](C)Cc1ccc(C(C)C)cc1. The molecule has 0 saturated heterocycles. The summed E-state index contributed by atoms with van der Waals surface area (Å²) in [6, 6.07) is 8.95. The molecule has 0 saturated carbocycles. The molecular weight excluding hydrogens is 156 g/mol. The molecule has 0 atom stereocenters. The van der Waals surface area contributed by atoms with Gasteiger partial charge in [0.15, 0.2) is 0 Å². The van der Waals surface area contributed by atoms with Gasteiger partial charge in [-0.25, -0.2) is 0 Å². The Morgan fingerprint density at radius 2 is 1.62 bits per heavy atom. The molecule has 1 rings (SSSR count). The predicted octanol–water partition coefficient (Wildman–Crippen LogP) is 3.97. The van der Waals surface area contributed by atoms with Crippen molar-refractivity contribution in [1.82, 2.24) is 0 Å². The highest BCUT2D eigenvalue weighted by atomic mass is 14.1. The zero-order chi connectivity index (χ0) is 9.84. The fourth-order valence-electron chi connectivity index (χ4n) is 1.43. The van der Waals surface area contributed by atoms with Crippen LogP contribution < -0.4 is 0 Å². The second kappa shape index (κ2) is 4.45. The number of benzene rings is 1. The lowest BCUT2D eigenvalue weighted by Gasteiger charge is -2.08. The largest absolute Gasteiger partial charge is 0.0591 e. The van der Waals surface area contributed by atoms with Crippen LogP contribution in [0.4, 0.5) is 0 Å². The van der Waals surface area contributed by atoms with Crippen LogP contribution in [0.1, 0.15) is 44.7 Å². The molecule has 0 nitrogen and oxygen atoms in total. The minimum absolute atomic E-state index is 0.640. The third-order valence-corrected chi connectivity index (χ3v) is 2.20. The van der Waals surface area contributed by atoms with E-state index in [0.29, 0.717) is 5.92 Å². The first kappa shape index (κ1) is 10.3. The predicted molar refractivity (Wildman–Crippen MR) is 58.8 cm³/mol. The van der Waals surface area contributed by atoms with Gasteiger partial charge in [-0.05, 0) is 29.4 Å². The van der Waals surface area contributed by atoms with Crippen molar-refractivity contribution < 1.29 is 0 Å². The molecule has 1 radical (unpaired) electrons. The molecule has 0 bridgehead atoms. The Balaban J connectivity index is 2.70. The van der Waals surface area contributed by atoms with E-state index < -0.39 is 0 Å². The summed E-state index contributed by atoms with van der Waals surface area (Å²) in [6.07, 6.45) is 1.11. The van der Waals surface area contributed by atoms with Crippen molar-refractivity contribution in [3.63, 3.8) is 0 Å². The Kier molecular flexibility index (Phi) is 3.53. The van der Waals surface area contributed by atoms with Gasteiger partial charge in [-0.3, -0.25) is 0 Å². The van der Waals surface area contributed by atoms with Crippen LogP contribution in [0.5, 0.6) is 0 Å². The fourth-order valence-corrected chi connectivity index (χ4v) is 1.43. The van der Waals surface area contributed by atoms with Crippen molar-refractivity contribution in [2.45, 2.75) is 40.0 Å². The summed E-state index contributed by atoms with van der Waals surface area (Å²) in [5, 5.41) is 0. The van der Waals surface area contributed by atoms with E-state index in [4.69, 9.17) is 0 Å². The lowest BCUT2D eigenvalue weighted by Crippen LogP contribution is -1.93. The zero-order valence-corrected chi connectivity index (χ0v) is 9.09. The summed E-state index contributed by atoms with van der Waals surface area (Å²) in [5.74, 6) is 2.11. The lowest BCUT2D eigenvalue weighted by molar-refractivity contribution is 0.863. The molecule has 0 heterocycles. The standard InChI is InChI=1S/C13H19/c1-10(2)9-12-5-7-13(8-6-12)11(3)4/h5-8,11H,9H2,1-4H3. The Hall–Kier alpha value is -0.780. The van der Waals surface area contributed by atoms with E-state index in [1.807, 2.05) is 0 Å². The van der Waals surface area contributed by atoms with Crippen molar-refractivity contribution in [2.75, 3.05) is 0 Å². The van der Waals surface area contributed by atoms with Gasteiger partial charge in [0, 0.05) is 0 Å². The summed E-state index contributed by atoms with van der Waals surface area (Å²) in [5.41, 5.74) is 2.85. The van der Waals surface area contributed by atoms with Crippen LogP contribution in [0.15, 0.2) is 24.3 Å². The average Bonchev–Trinajstić information content (AvgIpc) is 2.04. The molecule has 1 aromatic carbocycles. The van der Waals surface area contributed by atoms with Gasteiger partial charge in [0.2, 0.25) is 0 Å². The summed E-state index contributed by atoms with van der Waals surface area (Å²) >= 11 is 0. The molecule has 1 aromatic rings. The van der Waals surface area contributed by atoms with Crippen LogP contribution in [-0.2, 0) is 6.42 Å². The highest BCUT2D eigenvalue weighted by molar-refractivity contribution is 5.26. The maximum absolute atomic E-state index is 2.24. The molecular formula is C13H19. The van der Waals surface area contributed by atoms with Crippen LogP contribution in [0.25, 0.3) is 0 Å². The molecule has 0 spiro atoms. The molecule has 71 valence electrons. The van der Waals surface area contributed by atoms with Gasteiger partial charge in [0.25, 0.3) is 0 Å². The van der Waals surface area contributed by atoms with Gasteiger partial charge in [-0.1, -0.05) is 52.0 Å². The maximum atomic E-state index is 2.24. The zero-order valence-electron chi connectivity index (χ0n) is 9.09. The molecule has 0 aliphatic heterocycles. The van der Waals surface area contributed by atoms with Crippen molar-refractivity contribution >= 4 is 0 Å². The van der Waals surface area contributed by atoms with Crippen LogP contribution in [0.2, 0.25) is 0 Å². The Labute approximate surface area is 82.0 Å². The monoisotopic (exact) mass is 175 g/mol. The molecule has 0 amide bonds. The van der Waals surface area contributed by atoms with E-state index in [9.17, 15) is 0 Å². The smallest absolute Gasteiger partial charge is 0.0219 e. The summed E-state index contributed by atoms with van der Waals surface area (Å²) in [4.78, 5) is 0. The van der Waals surface area contributed by atoms with Gasteiger partial charge < -0.3 is 0 Å². The second-order valence-electron chi connectivity index (χ2n) is 4.28. The van der Waals surface area contributed by atoms with Crippen LogP contribution >= 0.6 is 0 Å². The number of rotatable bonds is 3. The highest BCUT2D eigenvalue weighted by Crippen LogP contribution is 2.16. The minimum Gasteiger partial charge on any atom is -0.0591 e. The van der Waals surface area contributed by atoms with Gasteiger partial charge in [0.05, 0.1) is 0 Å².